The number of nitriles is 1. The minimum atomic E-state index is 0.657. The summed E-state index contributed by atoms with van der Waals surface area (Å²) in [4.78, 5) is 2.40. The van der Waals surface area contributed by atoms with Gasteiger partial charge in [-0.05, 0) is 25.4 Å². The highest BCUT2D eigenvalue weighted by atomic mass is 15.1. The molecule has 0 amide bonds. The summed E-state index contributed by atoms with van der Waals surface area (Å²) < 4.78 is 0. The van der Waals surface area contributed by atoms with Gasteiger partial charge in [-0.25, -0.2) is 0 Å². The van der Waals surface area contributed by atoms with Gasteiger partial charge in [0.15, 0.2) is 0 Å². The van der Waals surface area contributed by atoms with Crippen molar-refractivity contribution in [2.75, 3.05) is 19.6 Å². The minimum absolute atomic E-state index is 0.657. The van der Waals surface area contributed by atoms with E-state index in [-0.39, 0.29) is 0 Å². The summed E-state index contributed by atoms with van der Waals surface area (Å²) in [5.41, 5.74) is 0. The van der Waals surface area contributed by atoms with Crippen LogP contribution in [0.2, 0.25) is 0 Å². The molecule has 1 atom stereocenters. The molecule has 1 fully saturated rings. The predicted molar refractivity (Wildman–Crippen MR) is 40.5 cm³/mol. The van der Waals surface area contributed by atoms with Crippen LogP contribution < -0.4 is 0 Å². The third-order valence-electron chi connectivity index (χ3n) is 2.20. The third kappa shape index (κ3) is 1.71. The zero-order valence-corrected chi connectivity index (χ0v) is 6.51. The van der Waals surface area contributed by atoms with Crippen LogP contribution in [0.1, 0.15) is 19.8 Å². The lowest BCUT2D eigenvalue weighted by Gasteiger charge is -2.10. The maximum absolute atomic E-state index is 8.42. The molecule has 2 heteroatoms. The summed E-state index contributed by atoms with van der Waals surface area (Å²) in [5.74, 6) is 0.657. The molecule has 1 aliphatic rings. The lowest BCUT2D eigenvalue weighted by Crippen LogP contribution is -2.19. The second kappa shape index (κ2) is 3.58. The summed E-state index contributed by atoms with van der Waals surface area (Å²) in [6.07, 6.45) is 1.97. The van der Waals surface area contributed by atoms with Crippen molar-refractivity contribution in [3.8, 4) is 6.07 Å². The summed E-state index contributed by atoms with van der Waals surface area (Å²) in [6, 6.07) is 2.23. The molecule has 0 aromatic rings. The lowest BCUT2D eigenvalue weighted by molar-refractivity contribution is 0.343. The highest BCUT2D eigenvalue weighted by Gasteiger charge is 2.19. The van der Waals surface area contributed by atoms with Gasteiger partial charge in [-0.3, -0.25) is 0 Å². The summed E-state index contributed by atoms with van der Waals surface area (Å²) in [6.45, 7) is 5.66. The highest BCUT2D eigenvalue weighted by Crippen LogP contribution is 2.17. The van der Waals surface area contributed by atoms with Crippen LogP contribution in [0, 0.1) is 17.2 Å². The maximum atomic E-state index is 8.42. The van der Waals surface area contributed by atoms with E-state index in [2.05, 4.69) is 17.9 Å². The minimum Gasteiger partial charge on any atom is -0.303 e. The van der Waals surface area contributed by atoms with Crippen LogP contribution >= 0.6 is 0 Å². The quantitative estimate of drug-likeness (QED) is 0.574. The predicted octanol–water partition coefficient (Wildman–Crippen LogP) is 1.24. The first-order valence-corrected chi connectivity index (χ1v) is 3.96. The summed E-state index contributed by atoms with van der Waals surface area (Å²) >= 11 is 0. The van der Waals surface area contributed by atoms with Gasteiger partial charge in [-0.1, -0.05) is 6.92 Å². The normalized spacial score (nSPS) is 26.6. The van der Waals surface area contributed by atoms with Gasteiger partial charge in [-0.2, -0.15) is 5.26 Å². The maximum Gasteiger partial charge on any atom is 0.0625 e. The first-order chi connectivity index (χ1) is 4.86. The van der Waals surface area contributed by atoms with E-state index in [9.17, 15) is 0 Å². The topological polar surface area (TPSA) is 27.0 Å². The van der Waals surface area contributed by atoms with Crippen LogP contribution in [-0.2, 0) is 0 Å². The third-order valence-corrected chi connectivity index (χ3v) is 2.20. The zero-order chi connectivity index (χ0) is 7.40. The van der Waals surface area contributed by atoms with Gasteiger partial charge >= 0.3 is 0 Å². The fourth-order valence-electron chi connectivity index (χ4n) is 1.50. The van der Waals surface area contributed by atoms with Gasteiger partial charge in [0, 0.05) is 13.0 Å². The largest absolute Gasteiger partial charge is 0.303 e. The summed E-state index contributed by atoms with van der Waals surface area (Å²) in [7, 11) is 0. The van der Waals surface area contributed by atoms with Crippen molar-refractivity contribution >= 4 is 0 Å². The number of likely N-dealkylation sites (tertiary alicyclic amines) is 1. The SMILES string of the molecule is CCN1CC[C@H](CC#N)C1. The van der Waals surface area contributed by atoms with Crippen LogP contribution in [0.4, 0.5) is 0 Å². The number of hydrogen-bond donors (Lipinski definition) is 0. The van der Waals surface area contributed by atoms with E-state index in [1.54, 1.807) is 0 Å². The first kappa shape index (κ1) is 7.56. The number of hydrogen-bond acceptors (Lipinski definition) is 2. The molecular weight excluding hydrogens is 124 g/mol. The molecule has 0 bridgehead atoms. The molecule has 0 aromatic heterocycles. The molecular formula is C8H14N2. The van der Waals surface area contributed by atoms with E-state index >= 15 is 0 Å². The average molecular weight is 138 g/mol. The van der Waals surface area contributed by atoms with E-state index in [4.69, 9.17) is 5.26 Å². The summed E-state index contributed by atoms with van der Waals surface area (Å²) in [5, 5.41) is 8.42. The Hall–Kier alpha value is -0.550. The Bertz CT molecular complexity index is 137. The van der Waals surface area contributed by atoms with E-state index in [1.165, 1.54) is 13.0 Å². The fraction of sp³-hybridized carbons (Fsp3) is 0.875. The van der Waals surface area contributed by atoms with Gasteiger partial charge in [0.25, 0.3) is 0 Å². The molecule has 0 saturated carbocycles. The van der Waals surface area contributed by atoms with Gasteiger partial charge in [0.05, 0.1) is 6.07 Å². The second-order valence-electron chi connectivity index (χ2n) is 2.91. The Morgan fingerprint density at radius 2 is 2.50 bits per heavy atom. The Balaban J connectivity index is 2.23. The average Bonchev–Trinajstić information content (AvgIpc) is 2.37. The van der Waals surface area contributed by atoms with Gasteiger partial charge in [0.2, 0.25) is 0 Å². The molecule has 0 radical (unpaired) electrons. The molecule has 0 aromatic carbocycles. The fourth-order valence-corrected chi connectivity index (χ4v) is 1.50. The van der Waals surface area contributed by atoms with E-state index in [0.29, 0.717) is 5.92 Å². The van der Waals surface area contributed by atoms with Crippen molar-refractivity contribution < 1.29 is 0 Å². The number of rotatable bonds is 2. The van der Waals surface area contributed by atoms with Crippen LogP contribution in [0.5, 0.6) is 0 Å². The van der Waals surface area contributed by atoms with Crippen LogP contribution in [-0.4, -0.2) is 24.5 Å². The second-order valence-corrected chi connectivity index (χ2v) is 2.91. The van der Waals surface area contributed by atoms with E-state index in [1.807, 2.05) is 0 Å². The molecule has 1 saturated heterocycles. The molecule has 0 spiro atoms. The highest BCUT2D eigenvalue weighted by molar-refractivity contribution is 4.82. The number of nitrogens with zero attached hydrogens (tertiary/aromatic N) is 2. The Morgan fingerprint density at radius 3 is 3.00 bits per heavy atom. The van der Waals surface area contributed by atoms with Crippen molar-refractivity contribution in [3.63, 3.8) is 0 Å². The molecule has 0 N–H and O–H groups in total. The Morgan fingerprint density at radius 1 is 1.70 bits per heavy atom. The Labute approximate surface area is 62.4 Å². The molecule has 10 heavy (non-hydrogen) atoms. The van der Waals surface area contributed by atoms with Crippen molar-refractivity contribution in [2.24, 2.45) is 5.92 Å². The van der Waals surface area contributed by atoms with Gasteiger partial charge in [-0.15, -0.1) is 0 Å². The molecule has 1 aliphatic heterocycles. The standard InChI is InChI=1S/C8H14N2/c1-2-10-6-4-8(7-10)3-5-9/h8H,2-4,6-7H2,1H3/t8-/m0/s1. The molecule has 56 valence electrons. The smallest absolute Gasteiger partial charge is 0.0625 e. The van der Waals surface area contributed by atoms with Gasteiger partial charge < -0.3 is 4.90 Å². The van der Waals surface area contributed by atoms with Gasteiger partial charge in [0.1, 0.15) is 0 Å². The van der Waals surface area contributed by atoms with Crippen molar-refractivity contribution in [1.82, 2.24) is 4.90 Å². The molecule has 0 unspecified atom stereocenters. The van der Waals surface area contributed by atoms with Crippen molar-refractivity contribution in [1.29, 1.82) is 5.26 Å². The van der Waals surface area contributed by atoms with Crippen LogP contribution in [0.15, 0.2) is 0 Å². The first-order valence-electron chi connectivity index (χ1n) is 3.96. The van der Waals surface area contributed by atoms with Crippen molar-refractivity contribution in [2.45, 2.75) is 19.8 Å². The lowest BCUT2D eigenvalue weighted by atomic mass is 10.1. The van der Waals surface area contributed by atoms with E-state index in [0.717, 1.165) is 19.5 Å². The zero-order valence-electron chi connectivity index (χ0n) is 6.51. The Kier molecular flexibility index (Phi) is 2.70. The molecule has 1 rings (SSSR count). The molecule has 0 aliphatic carbocycles. The van der Waals surface area contributed by atoms with E-state index < -0.39 is 0 Å². The molecule has 2 nitrogen and oxygen atoms in total. The monoisotopic (exact) mass is 138 g/mol. The van der Waals surface area contributed by atoms with Crippen LogP contribution in [0.25, 0.3) is 0 Å². The molecule has 1 heterocycles. The van der Waals surface area contributed by atoms with Crippen molar-refractivity contribution in [3.05, 3.63) is 0 Å². The van der Waals surface area contributed by atoms with Crippen LogP contribution in [0.3, 0.4) is 0 Å².